The Hall–Kier alpha value is -3.14. The van der Waals surface area contributed by atoms with Crippen LogP contribution in [0, 0.1) is 0 Å². The Morgan fingerprint density at radius 1 is 1.00 bits per heavy atom. The van der Waals surface area contributed by atoms with Crippen molar-refractivity contribution in [1.29, 1.82) is 0 Å². The lowest BCUT2D eigenvalue weighted by Crippen LogP contribution is -2.37. The molecule has 0 aliphatic carbocycles. The van der Waals surface area contributed by atoms with E-state index in [0.717, 1.165) is 41.0 Å². The predicted octanol–water partition coefficient (Wildman–Crippen LogP) is 3.86. The molecule has 1 aliphatic rings. The Bertz CT molecular complexity index is 895. The number of aromatic nitrogens is 1. The summed E-state index contributed by atoms with van der Waals surface area (Å²) in [5.41, 5.74) is 3.98. The molecule has 1 amide bonds. The maximum atomic E-state index is 12.9. The molecule has 4 nitrogen and oxygen atoms in total. The lowest BCUT2D eigenvalue weighted by molar-refractivity contribution is 0.0726. The van der Waals surface area contributed by atoms with Gasteiger partial charge in [0.05, 0.1) is 0 Å². The number of benzene rings is 2. The number of pyridine rings is 1. The molecule has 3 aromatic rings. The van der Waals surface area contributed by atoms with E-state index >= 15 is 0 Å². The number of carbonyl (C=O) groups excluding carboxylic acids is 1. The fraction of sp³-hybridized carbons (Fsp3) is 0.182. The molecule has 2 heterocycles. The summed E-state index contributed by atoms with van der Waals surface area (Å²) < 4.78 is 5.88. The minimum Gasteiger partial charge on any atom is -0.489 e. The first-order valence-corrected chi connectivity index (χ1v) is 8.77. The number of amides is 1. The molecule has 0 radical (unpaired) electrons. The van der Waals surface area contributed by atoms with Gasteiger partial charge in [-0.2, -0.15) is 0 Å². The summed E-state index contributed by atoms with van der Waals surface area (Å²) in [4.78, 5) is 18.9. The molecule has 2 aromatic carbocycles. The van der Waals surface area contributed by atoms with Gasteiger partial charge in [0.15, 0.2) is 0 Å². The van der Waals surface area contributed by atoms with Crippen LogP contribution >= 0.6 is 0 Å². The van der Waals surface area contributed by atoms with Crippen LogP contribution in [-0.4, -0.2) is 22.3 Å². The van der Waals surface area contributed by atoms with E-state index in [9.17, 15) is 4.79 Å². The van der Waals surface area contributed by atoms with E-state index in [1.165, 1.54) is 0 Å². The van der Waals surface area contributed by atoms with Gasteiger partial charge < -0.3 is 9.64 Å². The molecular weight excluding hydrogens is 324 g/mol. The average molecular weight is 344 g/mol. The normalized spacial score (nSPS) is 13.4. The second-order valence-corrected chi connectivity index (χ2v) is 6.43. The lowest BCUT2D eigenvalue weighted by atomic mass is 9.98. The third kappa shape index (κ3) is 3.59. The zero-order valence-electron chi connectivity index (χ0n) is 14.5. The first-order chi connectivity index (χ1) is 12.8. The minimum absolute atomic E-state index is 0.0558. The Labute approximate surface area is 153 Å². The molecule has 1 aromatic heterocycles. The monoisotopic (exact) mass is 344 g/mol. The van der Waals surface area contributed by atoms with E-state index < -0.39 is 0 Å². The van der Waals surface area contributed by atoms with Crippen molar-refractivity contribution in [2.75, 3.05) is 6.54 Å². The largest absolute Gasteiger partial charge is 0.489 e. The number of ether oxygens (including phenoxy) is 1. The highest BCUT2D eigenvalue weighted by Gasteiger charge is 2.24. The van der Waals surface area contributed by atoms with Gasteiger partial charge in [0, 0.05) is 31.0 Å². The van der Waals surface area contributed by atoms with Crippen LogP contribution in [0.4, 0.5) is 0 Å². The molecule has 0 bridgehead atoms. The van der Waals surface area contributed by atoms with Crippen molar-refractivity contribution in [2.45, 2.75) is 19.6 Å². The van der Waals surface area contributed by atoms with E-state index in [1.54, 1.807) is 6.20 Å². The van der Waals surface area contributed by atoms with E-state index in [-0.39, 0.29) is 5.91 Å². The van der Waals surface area contributed by atoms with Crippen LogP contribution < -0.4 is 4.74 Å². The van der Waals surface area contributed by atoms with Gasteiger partial charge in [-0.25, -0.2) is 0 Å². The second-order valence-electron chi connectivity index (χ2n) is 6.43. The molecule has 1 aliphatic heterocycles. The smallest absolute Gasteiger partial charge is 0.254 e. The fourth-order valence-electron chi connectivity index (χ4n) is 3.19. The van der Waals surface area contributed by atoms with Crippen LogP contribution in [0.5, 0.6) is 5.75 Å². The summed E-state index contributed by atoms with van der Waals surface area (Å²) in [5.74, 6) is 0.782. The van der Waals surface area contributed by atoms with E-state index in [1.807, 2.05) is 71.8 Å². The minimum atomic E-state index is 0.0558. The van der Waals surface area contributed by atoms with Crippen molar-refractivity contribution in [2.24, 2.45) is 0 Å². The lowest BCUT2D eigenvalue weighted by Gasteiger charge is -2.29. The summed E-state index contributed by atoms with van der Waals surface area (Å²) in [6.45, 7) is 1.80. The zero-order valence-corrected chi connectivity index (χ0v) is 14.5. The van der Waals surface area contributed by atoms with Crippen molar-refractivity contribution < 1.29 is 9.53 Å². The summed E-state index contributed by atoms with van der Waals surface area (Å²) in [6, 6.07) is 19.7. The number of hydrogen-bond donors (Lipinski definition) is 0. The van der Waals surface area contributed by atoms with Gasteiger partial charge in [-0.05, 0) is 41.3 Å². The van der Waals surface area contributed by atoms with Gasteiger partial charge in [0.2, 0.25) is 0 Å². The first kappa shape index (κ1) is 16.3. The number of carbonyl (C=O) groups is 1. The van der Waals surface area contributed by atoms with Gasteiger partial charge in [-0.1, -0.05) is 42.5 Å². The molecule has 4 heteroatoms. The van der Waals surface area contributed by atoms with Crippen LogP contribution in [0.1, 0.15) is 27.0 Å². The van der Waals surface area contributed by atoms with Crippen molar-refractivity contribution in [1.82, 2.24) is 9.88 Å². The van der Waals surface area contributed by atoms with E-state index in [4.69, 9.17) is 4.74 Å². The van der Waals surface area contributed by atoms with Crippen molar-refractivity contribution >= 4 is 5.91 Å². The van der Waals surface area contributed by atoms with Gasteiger partial charge in [-0.15, -0.1) is 0 Å². The maximum Gasteiger partial charge on any atom is 0.254 e. The van der Waals surface area contributed by atoms with Crippen LogP contribution in [0.2, 0.25) is 0 Å². The van der Waals surface area contributed by atoms with E-state index in [0.29, 0.717) is 13.2 Å². The standard InChI is InChI=1S/C22H20N2O2/c25-22-21-13-20(26-16-17-5-2-1-3-6-17)9-8-19(21)10-12-24(22)15-18-7-4-11-23-14-18/h1-9,11,13-14H,10,12,15-16H2. The molecule has 0 saturated carbocycles. The third-order valence-corrected chi connectivity index (χ3v) is 4.59. The highest BCUT2D eigenvalue weighted by atomic mass is 16.5. The zero-order chi connectivity index (χ0) is 17.8. The SMILES string of the molecule is O=C1c2cc(OCc3ccccc3)ccc2CCN1Cc1cccnc1. The summed E-state index contributed by atoms with van der Waals surface area (Å²) in [5, 5.41) is 0. The van der Waals surface area contributed by atoms with Crippen molar-refractivity contribution in [3.63, 3.8) is 0 Å². The Kier molecular flexibility index (Phi) is 4.65. The third-order valence-electron chi connectivity index (χ3n) is 4.59. The van der Waals surface area contributed by atoms with Crippen molar-refractivity contribution in [3.05, 3.63) is 95.3 Å². The van der Waals surface area contributed by atoms with Gasteiger partial charge in [0.1, 0.15) is 12.4 Å². The van der Waals surface area contributed by atoms with Gasteiger partial charge >= 0.3 is 0 Å². The number of nitrogens with zero attached hydrogens (tertiary/aromatic N) is 2. The molecule has 0 unspecified atom stereocenters. The van der Waals surface area contributed by atoms with E-state index in [2.05, 4.69) is 4.98 Å². The van der Waals surface area contributed by atoms with Crippen LogP contribution in [0.15, 0.2) is 73.1 Å². The summed E-state index contributed by atoms with van der Waals surface area (Å²) in [7, 11) is 0. The Morgan fingerprint density at radius 2 is 1.85 bits per heavy atom. The highest BCUT2D eigenvalue weighted by molar-refractivity contribution is 5.97. The van der Waals surface area contributed by atoms with Gasteiger partial charge in [-0.3, -0.25) is 9.78 Å². The molecule has 0 spiro atoms. The van der Waals surface area contributed by atoms with Crippen LogP contribution in [-0.2, 0) is 19.6 Å². The molecular formula is C22H20N2O2. The predicted molar refractivity (Wildman–Crippen MR) is 99.9 cm³/mol. The quantitative estimate of drug-likeness (QED) is 0.706. The molecule has 0 saturated heterocycles. The number of fused-ring (bicyclic) bond motifs is 1. The Balaban J connectivity index is 1.49. The summed E-state index contributed by atoms with van der Waals surface area (Å²) in [6.07, 6.45) is 4.41. The molecule has 0 fully saturated rings. The maximum absolute atomic E-state index is 12.9. The topological polar surface area (TPSA) is 42.4 Å². The molecule has 130 valence electrons. The Morgan fingerprint density at radius 3 is 2.65 bits per heavy atom. The van der Waals surface area contributed by atoms with Crippen molar-refractivity contribution in [3.8, 4) is 5.75 Å². The molecule has 0 atom stereocenters. The highest BCUT2D eigenvalue weighted by Crippen LogP contribution is 2.25. The fourth-order valence-corrected chi connectivity index (χ4v) is 3.19. The average Bonchev–Trinajstić information content (AvgIpc) is 2.70. The number of rotatable bonds is 5. The number of hydrogen-bond acceptors (Lipinski definition) is 3. The van der Waals surface area contributed by atoms with Crippen LogP contribution in [0.25, 0.3) is 0 Å². The molecule has 0 N–H and O–H groups in total. The second kappa shape index (κ2) is 7.40. The van der Waals surface area contributed by atoms with Gasteiger partial charge in [0.25, 0.3) is 5.91 Å². The first-order valence-electron chi connectivity index (χ1n) is 8.77. The summed E-state index contributed by atoms with van der Waals surface area (Å²) >= 11 is 0. The molecule has 26 heavy (non-hydrogen) atoms. The van der Waals surface area contributed by atoms with Crippen LogP contribution in [0.3, 0.4) is 0 Å². The molecule has 4 rings (SSSR count).